The van der Waals surface area contributed by atoms with Gasteiger partial charge in [-0.05, 0) is 24.1 Å². The monoisotopic (exact) mass is 327 g/mol. The maximum absolute atomic E-state index is 13.5. The molecule has 1 N–H and O–H groups in total. The molecule has 118 valence electrons. The Morgan fingerprint density at radius 1 is 1.36 bits per heavy atom. The number of aromatic nitrogens is 2. The van der Waals surface area contributed by atoms with Gasteiger partial charge in [-0.1, -0.05) is 17.7 Å². The van der Waals surface area contributed by atoms with E-state index in [0.717, 1.165) is 11.9 Å². The van der Waals surface area contributed by atoms with Crippen LogP contribution in [0.25, 0.3) is 0 Å². The Hall–Kier alpha value is -1.50. The number of aliphatic hydroxyl groups excluding tert-OH is 1. The van der Waals surface area contributed by atoms with Gasteiger partial charge in [-0.25, -0.2) is 13.8 Å². The topological polar surface area (TPSA) is 41.3 Å². The molecule has 0 amide bonds. The smallest absolute Gasteiger partial charge is 0.159 e. The Morgan fingerprint density at radius 2 is 2.14 bits per heavy atom. The molecular formula is C15H16ClF2N3O. The van der Waals surface area contributed by atoms with E-state index < -0.39 is 17.7 Å². The third-order valence-corrected chi connectivity index (χ3v) is 4.43. The van der Waals surface area contributed by atoms with Gasteiger partial charge < -0.3 is 9.67 Å². The van der Waals surface area contributed by atoms with Gasteiger partial charge in [0, 0.05) is 19.6 Å². The molecule has 0 saturated carbocycles. The number of benzene rings is 1. The van der Waals surface area contributed by atoms with Gasteiger partial charge in [0.1, 0.15) is 11.0 Å². The first-order chi connectivity index (χ1) is 10.5. The molecule has 2 aromatic rings. The first-order valence-corrected chi connectivity index (χ1v) is 7.36. The van der Waals surface area contributed by atoms with E-state index in [0.29, 0.717) is 30.2 Å². The second-order valence-corrected chi connectivity index (χ2v) is 5.95. The highest BCUT2D eigenvalue weighted by molar-refractivity contribution is 6.29. The number of likely N-dealkylation sites (tertiary alicyclic amines) is 1. The molecule has 2 heterocycles. The molecule has 0 bridgehead atoms. The van der Waals surface area contributed by atoms with E-state index in [1.165, 1.54) is 6.07 Å². The van der Waals surface area contributed by atoms with Gasteiger partial charge >= 0.3 is 0 Å². The molecule has 0 aliphatic carbocycles. The predicted octanol–water partition coefficient (Wildman–Crippen LogP) is 2.66. The summed E-state index contributed by atoms with van der Waals surface area (Å²) in [5.74, 6) is -0.990. The molecule has 0 radical (unpaired) electrons. The van der Waals surface area contributed by atoms with Crippen LogP contribution in [-0.2, 0) is 13.6 Å². The molecule has 1 saturated heterocycles. The highest BCUT2D eigenvalue weighted by Gasteiger charge is 2.33. The summed E-state index contributed by atoms with van der Waals surface area (Å²) >= 11 is 5.98. The average molecular weight is 328 g/mol. The van der Waals surface area contributed by atoms with Gasteiger partial charge in [0.2, 0.25) is 0 Å². The summed E-state index contributed by atoms with van der Waals surface area (Å²) < 4.78 is 28.3. The highest BCUT2D eigenvalue weighted by atomic mass is 35.5. The molecule has 22 heavy (non-hydrogen) atoms. The minimum Gasteiger partial charge on any atom is -0.392 e. The summed E-state index contributed by atoms with van der Waals surface area (Å²) in [6.07, 6.45) is 1.54. The minimum atomic E-state index is -0.876. The minimum absolute atomic E-state index is 0.180. The molecule has 1 aliphatic rings. The largest absolute Gasteiger partial charge is 0.392 e. The zero-order valence-corrected chi connectivity index (χ0v) is 12.8. The summed E-state index contributed by atoms with van der Waals surface area (Å²) in [5, 5.41) is 10.5. The van der Waals surface area contributed by atoms with Crippen molar-refractivity contribution in [3.63, 3.8) is 0 Å². The normalized spacial score (nSPS) is 22.4. The van der Waals surface area contributed by atoms with Crippen LogP contribution in [0, 0.1) is 11.6 Å². The van der Waals surface area contributed by atoms with Crippen LogP contribution in [0.2, 0.25) is 5.15 Å². The van der Waals surface area contributed by atoms with Gasteiger partial charge in [0.15, 0.2) is 11.6 Å². The zero-order valence-electron chi connectivity index (χ0n) is 12.0. The predicted molar refractivity (Wildman–Crippen MR) is 78.4 cm³/mol. The fraction of sp³-hybridized carbons (Fsp3) is 0.400. The Bertz CT molecular complexity index is 691. The molecule has 7 heteroatoms. The second-order valence-electron chi connectivity index (χ2n) is 5.56. The molecule has 0 unspecified atom stereocenters. The maximum atomic E-state index is 13.5. The number of aliphatic hydroxyl groups is 1. The summed E-state index contributed by atoms with van der Waals surface area (Å²) in [7, 11) is 1.81. The quantitative estimate of drug-likeness (QED) is 0.942. The zero-order chi connectivity index (χ0) is 15.9. The number of imidazole rings is 1. The standard InChI is InChI=1S/C15H16ClF2N3O/c1-20-14(16)6-19-15(20)8-21-7-10(22)5-13(21)9-2-3-11(17)12(18)4-9/h2-4,6,10,13,22H,5,7-8H2,1H3/t10-,13+/m1/s1. The van der Waals surface area contributed by atoms with Crippen molar-refractivity contribution in [1.82, 2.24) is 14.5 Å². The van der Waals surface area contributed by atoms with Crippen molar-refractivity contribution in [2.75, 3.05) is 6.54 Å². The Labute approximate surface area is 131 Å². The van der Waals surface area contributed by atoms with Crippen LogP contribution in [0.1, 0.15) is 23.9 Å². The Kier molecular flexibility index (Phi) is 4.16. The molecule has 3 rings (SSSR count). The van der Waals surface area contributed by atoms with Gasteiger partial charge in [-0.2, -0.15) is 0 Å². The number of rotatable bonds is 3. The molecule has 2 atom stereocenters. The summed E-state index contributed by atoms with van der Waals surface area (Å²) in [6.45, 7) is 0.929. The van der Waals surface area contributed by atoms with Crippen LogP contribution in [0.15, 0.2) is 24.4 Å². The third-order valence-electron chi connectivity index (χ3n) is 4.08. The van der Waals surface area contributed by atoms with E-state index in [-0.39, 0.29) is 6.04 Å². The lowest BCUT2D eigenvalue weighted by Gasteiger charge is -2.24. The van der Waals surface area contributed by atoms with Gasteiger partial charge in [-0.3, -0.25) is 4.90 Å². The van der Waals surface area contributed by atoms with Crippen molar-refractivity contribution in [2.45, 2.75) is 25.1 Å². The lowest BCUT2D eigenvalue weighted by molar-refractivity contribution is 0.171. The van der Waals surface area contributed by atoms with Crippen molar-refractivity contribution >= 4 is 11.6 Å². The first-order valence-electron chi connectivity index (χ1n) is 6.99. The molecule has 0 spiro atoms. The molecular weight excluding hydrogens is 312 g/mol. The fourth-order valence-electron chi connectivity index (χ4n) is 2.87. The summed E-state index contributed by atoms with van der Waals surface area (Å²) in [4.78, 5) is 6.23. The van der Waals surface area contributed by atoms with Crippen LogP contribution >= 0.6 is 11.6 Å². The first kappa shape index (κ1) is 15.4. The number of hydrogen-bond donors (Lipinski definition) is 1. The van der Waals surface area contributed by atoms with Crippen molar-refractivity contribution in [1.29, 1.82) is 0 Å². The SMILES string of the molecule is Cn1c(Cl)cnc1CN1C[C@H](O)C[C@H]1c1ccc(F)c(F)c1. The van der Waals surface area contributed by atoms with Crippen LogP contribution in [0.3, 0.4) is 0 Å². The van der Waals surface area contributed by atoms with Crippen LogP contribution in [-0.4, -0.2) is 32.2 Å². The maximum Gasteiger partial charge on any atom is 0.159 e. The van der Waals surface area contributed by atoms with Crippen molar-refractivity contribution in [3.8, 4) is 0 Å². The molecule has 1 fully saturated rings. The van der Waals surface area contributed by atoms with Gasteiger partial charge in [0.05, 0.1) is 18.8 Å². The lowest BCUT2D eigenvalue weighted by Crippen LogP contribution is -2.26. The second kappa shape index (κ2) is 5.95. The number of β-amino-alcohol motifs (C(OH)–C–C–N with tert-alkyl or cyclic N) is 1. The third kappa shape index (κ3) is 2.86. The molecule has 1 aliphatic heterocycles. The summed E-state index contributed by atoms with van der Waals surface area (Å²) in [5.41, 5.74) is 0.649. The van der Waals surface area contributed by atoms with Crippen molar-refractivity contribution < 1.29 is 13.9 Å². The van der Waals surface area contributed by atoms with E-state index in [2.05, 4.69) is 4.98 Å². The van der Waals surface area contributed by atoms with Gasteiger partial charge in [0.25, 0.3) is 0 Å². The lowest BCUT2D eigenvalue weighted by atomic mass is 10.0. The average Bonchev–Trinajstić information content (AvgIpc) is 2.99. The van der Waals surface area contributed by atoms with E-state index in [4.69, 9.17) is 11.6 Å². The van der Waals surface area contributed by atoms with Crippen molar-refractivity contribution in [3.05, 3.63) is 52.6 Å². The molecule has 1 aromatic carbocycles. The Balaban J connectivity index is 1.85. The number of hydrogen-bond acceptors (Lipinski definition) is 3. The van der Waals surface area contributed by atoms with Crippen LogP contribution in [0.5, 0.6) is 0 Å². The highest BCUT2D eigenvalue weighted by Crippen LogP contribution is 2.34. The van der Waals surface area contributed by atoms with Gasteiger partial charge in [-0.15, -0.1) is 0 Å². The number of halogens is 3. The molecule has 1 aromatic heterocycles. The van der Waals surface area contributed by atoms with Crippen LogP contribution < -0.4 is 0 Å². The van der Waals surface area contributed by atoms with E-state index in [1.54, 1.807) is 16.8 Å². The Morgan fingerprint density at radius 3 is 2.77 bits per heavy atom. The van der Waals surface area contributed by atoms with E-state index in [9.17, 15) is 13.9 Å². The van der Waals surface area contributed by atoms with Crippen molar-refractivity contribution in [2.24, 2.45) is 7.05 Å². The molecule has 4 nitrogen and oxygen atoms in total. The van der Waals surface area contributed by atoms with E-state index >= 15 is 0 Å². The van der Waals surface area contributed by atoms with Crippen LogP contribution in [0.4, 0.5) is 8.78 Å². The van der Waals surface area contributed by atoms with E-state index in [1.807, 2.05) is 11.9 Å². The number of nitrogens with zero attached hydrogens (tertiary/aromatic N) is 3. The summed E-state index contributed by atoms with van der Waals surface area (Å²) in [6, 6.07) is 3.68. The fourth-order valence-corrected chi connectivity index (χ4v) is 3.02.